The van der Waals surface area contributed by atoms with Gasteiger partial charge in [-0.1, -0.05) is 0 Å². The molecular formula is C13H20N4O2. The maximum atomic E-state index is 5.77. The second-order valence-electron chi connectivity index (χ2n) is 5.02. The Morgan fingerprint density at radius 3 is 3.21 bits per heavy atom. The van der Waals surface area contributed by atoms with Gasteiger partial charge >= 0.3 is 0 Å². The number of hydrogen-bond acceptors (Lipinski definition) is 6. The van der Waals surface area contributed by atoms with Crippen LogP contribution in [-0.2, 0) is 4.74 Å². The minimum absolute atomic E-state index is 0.212. The van der Waals surface area contributed by atoms with Gasteiger partial charge in [0.1, 0.15) is 0 Å². The van der Waals surface area contributed by atoms with Crippen molar-refractivity contribution in [2.24, 2.45) is 0 Å². The zero-order valence-electron chi connectivity index (χ0n) is 11.2. The number of nitrogens with zero attached hydrogens (tertiary/aromatic N) is 3. The molecule has 1 N–H and O–H groups in total. The number of nitrogens with one attached hydrogen (secondary N) is 1. The summed E-state index contributed by atoms with van der Waals surface area (Å²) in [5.74, 6) is 1.16. The van der Waals surface area contributed by atoms with Gasteiger partial charge in [-0.3, -0.25) is 4.90 Å². The summed E-state index contributed by atoms with van der Waals surface area (Å²) in [6.45, 7) is 3.62. The van der Waals surface area contributed by atoms with Crippen LogP contribution in [0.25, 0.3) is 0 Å². The highest BCUT2D eigenvalue weighted by atomic mass is 16.5. The molecule has 6 nitrogen and oxygen atoms in total. The van der Waals surface area contributed by atoms with Crippen LogP contribution in [0, 0.1) is 0 Å². The first-order valence-corrected chi connectivity index (χ1v) is 6.81. The lowest BCUT2D eigenvalue weighted by molar-refractivity contribution is -0.0242. The van der Waals surface area contributed by atoms with E-state index in [2.05, 4.69) is 20.2 Å². The van der Waals surface area contributed by atoms with Crippen LogP contribution in [0.2, 0.25) is 0 Å². The van der Waals surface area contributed by atoms with E-state index in [1.165, 1.54) is 12.8 Å². The molecule has 3 rings (SSSR count). The SMILES string of the molecule is COc1ccnc(NCC2CN(C3CC3)CCO2)n1. The predicted octanol–water partition coefficient (Wildman–Crippen LogP) is 0.760. The summed E-state index contributed by atoms with van der Waals surface area (Å²) in [5.41, 5.74) is 0. The Bertz CT molecular complexity index is 425. The van der Waals surface area contributed by atoms with Gasteiger partial charge in [0.25, 0.3) is 0 Å². The van der Waals surface area contributed by atoms with Gasteiger partial charge in [-0.25, -0.2) is 4.98 Å². The van der Waals surface area contributed by atoms with E-state index in [-0.39, 0.29) is 6.10 Å². The number of methoxy groups -OCH3 is 1. The molecule has 6 heteroatoms. The normalized spacial score (nSPS) is 24.2. The van der Waals surface area contributed by atoms with Crippen molar-refractivity contribution in [3.05, 3.63) is 12.3 Å². The van der Waals surface area contributed by atoms with Gasteiger partial charge < -0.3 is 14.8 Å². The fraction of sp³-hybridized carbons (Fsp3) is 0.692. The largest absolute Gasteiger partial charge is 0.481 e. The number of rotatable bonds is 5. The van der Waals surface area contributed by atoms with E-state index >= 15 is 0 Å². The van der Waals surface area contributed by atoms with Gasteiger partial charge in [-0.2, -0.15) is 4.98 Å². The molecule has 2 heterocycles. The minimum Gasteiger partial charge on any atom is -0.481 e. The molecule has 19 heavy (non-hydrogen) atoms. The molecule has 1 unspecified atom stereocenters. The smallest absolute Gasteiger partial charge is 0.226 e. The van der Waals surface area contributed by atoms with E-state index in [9.17, 15) is 0 Å². The zero-order chi connectivity index (χ0) is 13.1. The van der Waals surface area contributed by atoms with Gasteiger partial charge in [0, 0.05) is 37.9 Å². The molecule has 0 aromatic carbocycles. The van der Waals surface area contributed by atoms with Gasteiger partial charge in [-0.05, 0) is 12.8 Å². The van der Waals surface area contributed by atoms with Crippen molar-refractivity contribution >= 4 is 5.95 Å². The van der Waals surface area contributed by atoms with E-state index in [1.807, 2.05) is 0 Å². The maximum absolute atomic E-state index is 5.77. The lowest BCUT2D eigenvalue weighted by atomic mass is 10.2. The molecule has 2 aliphatic rings. The van der Waals surface area contributed by atoms with Crippen molar-refractivity contribution in [3.63, 3.8) is 0 Å². The first kappa shape index (κ1) is 12.6. The van der Waals surface area contributed by atoms with E-state index in [4.69, 9.17) is 9.47 Å². The zero-order valence-corrected chi connectivity index (χ0v) is 11.2. The Balaban J connectivity index is 1.50. The molecular weight excluding hydrogens is 244 g/mol. The summed E-state index contributed by atoms with van der Waals surface area (Å²) in [6, 6.07) is 2.54. The molecule has 0 amide bonds. The third kappa shape index (κ3) is 3.33. The Labute approximate surface area is 113 Å². The second-order valence-corrected chi connectivity index (χ2v) is 5.02. The predicted molar refractivity (Wildman–Crippen MR) is 71.4 cm³/mol. The number of morpholine rings is 1. The van der Waals surface area contributed by atoms with Crippen LogP contribution in [0.4, 0.5) is 5.95 Å². The first-order chi connectivity index (χ1) is 9.35. The monoisotopic (exact) mass is 264 g/mol. The highest BCUT2D eigenvalue weighted by Crippen LogP contribution is 2.28. The summed E-state index contributed by atoms with van der Waals surface area (Å²) in [6.07, 6.45) is 4.59. The summed E-state index contributed by atoms with van der Waals surface area (Å²) in [5, 5.41) is 3.22. The third-order valence-electron chi connectivity index (χ3n) is 3.56. The van der Waals surface area contributed by atoms with E-state index in [0.717, 1.165) is 32.3 Å². The Morgan fingerprint density at radius 2 is 2.42 bits per heavy atom. The van der Waals surface area contributed by atoms with Crippen LogP contribution in [-0.4, -0.2) is 60.4 Å². The standard InChI is InChI=1S/C13H20N4O2/c1-18-12-4-5-14-13(16-12)15-8-11-9-17(6-7-19-11)10-2-3-10/h4-5,10-11H,2-3,6-9H2,1H3,(H,14,15,16). The summed E-state index contributed by atoms with van der Waals surface area (Å²) >= 11 is 0. The Kier molecular flexibility index (Phi) is 3.79. The Hall–Kier alpha value is -1.40. The van der Waals surface area contributed by atoms with Crippen molar-refractivity contribution in [2.75, 3.05) is 38.7 Å². The molecule has 1 saturated carbocycles. The van der Waals surface area contributed by atoms with Crippen LogP contribution in [0.3, 0.4) is 0 Å². The van der Waals surface area contributed by atoms with Crippen LogP contribution in [0.5, 0.6) is 5.88 Å². The molecule has 1 aliphatic carbocycles. The lowest BCUT2D eigenvalue weighted by Gasteiger charge is -2.33. The molecule has 0 bridgehead atoms. The molecule has 0 radical (unpaired) electrons. The molecule has 1 aliphatic heterocycles. The average molecular weight is 264 g/mol. The third-order valence-corrected chi connectivity index (χ3v) is 3.56. The van der Waals surface area contributed by atoms with Crippen LogP contribution in [0.15, 0.2) is 12.3 Å². The molecule has 0 spiro atoms. The van der Waals surface area contributed by atoms with E-state index < -0.39 is 0 Å². The van der Waals surface area contributed by atoms with Crippen molar-refractivity contribution in [2.45, 2.75) is 25.0 Å². The highest BCUT2D eigenvalue weighted by Gasteiger charge is 2.32. The maximum Gasteiger partial charge on any atom is 0.226 e. The molecule has 1 saturated heterocycles. The summed E-state index contributed by atoms with van der Waals surface area (Å²) < 4.78 is 10.8. The van der Waals surface area contributed by atoms with Crippen LogP contribution < -0.4 is 10.1 Å². The highest BCUT2D eigenvalue weighted by molar-refractivity contribution is 5.27. The molecule has 104 valence electrons. The van der Waals surface area contributed by atoms with Gasteiger partial charge in [-0.15, -0.1) is 0 Å². The van der Waals surface area contributed by atoms with Crippen LogP contribution >= 0.6 is 0 Å². The number of ether oxygens (including phenoxy) is 2. The summed E-state index contributed by atoms with van der Waals surface area (Å²) in [7, 11) is 1.60. The summed E-state index contributed by atoms with van der Waals surface area (Å²) in [4.78, 5) is 10.9. The van der Waals surface area contributed by atoms with Crippen molar-refractivity contribution in [3.8, 4) is 5.88 Å². The quantitative estimate of drug-likeness (QED) is 0.847. The fourth-order valence-electron chi connectivity index (χ4n) is 2.38. The van der Waals surface area contributed by atoms with Crippen molar-refractivity contribution < 1.29 is 9.47 Å². The number of anilines is 1. The second kappa shape index (κ2) is 5.71. The number of aromatic nitrogens is 2. The van der Waals surface area contributed by atoms with Gasteiger partial charge in [0.2, 0.25) is 11.8 Å². The van der Waals surface area contributed by atoms with Crippen molar-refractivity contribution in [1.29, 1.82) is 0 Å². The molecule has 2 fully saturated rings. The number of hydrogen-bond donors (Lipinski definition) is 1. The average Bonchev–Trinajstić information content (AvgIpc) is 3.30. The van der Waals surface area contributed by atoms with E-state index in [0.29, 0.717) is 11.8 Å². The minimum atomic E-state index is 0.212. The lowest BCUT2D eigenvalue weighted by Crippen LogP contribution is -2.46. The van der Waals surface area contributed by atoms with Crippen LogP contribution in [0.1, 0.15) is 12.8 Å². The molecule has 1 aromatic rings. The molecule has 1 aromatic heterocycles. The molecule has 1 atom stereocenters. The first-order valence-electron chi connectivity index (χ1n) is 6.81. The van der Waals surface area contributed by atoms with Crippen molar-refractivity contribution in [1.82, 2.24) is 14.9 Å². The van der Waals surface area contributed by atoms with E-state index in [1.54, 1.807) is 19.4 Å². The fourth-order valence-corrected chi connectivity index (χ4v) is 2.38. The van der Waals surface area contributed by atoms with Gasteiger partial charge in [0.15, 0.2) is 0 Å². The Morgan fingerprint density at radius 1 is 1.53 bits per heavy atom. The topological polar surface area (TPSA) is 59.5 Å². The van der Waals surface area contributed by atoms with Gasteiger partial charge in [0.05, 0.1) is 19.8 Å².